The molecule has 1 amide bonds. The highest BCUT2D eigenvalue weighted by Crippen LogP contribution is 2.37. The number of fused-ring (bicyclic) bond motifs is 1. The first kappa shape index (κ1) is 21.6. The van der Waals surface area contributed by atoms with E-state index in [1.165, 1.54) is 23.9 Å². The van der Waals surface area contributed by atoms with Crippen molar-refractivity contribution in [2.24, 2.45) is 4.99 Å². The van der Waals surface area contributed by atoms with Gasteiger partial charge in [-0.15, -0.1) is 0 Å². The van der Waals surface area contributed by atoms with Crippen LogP contribution >= 0.6 is 11.8 Å². The van der Waals surface area contributed by atoms with Crippen molar-refractivity contribution >= 4 is 51.3 Å². The lowest BCUT2D eigenvalue weighted by atomic mass is 10.0. The van der Waals surface area contributed by atoms with Crippen molar-refractivity contribution in [1.82, 2.24) is 4.90 Å². The smallest absolute Gasteiger partial charge is 0.335 e. The summed E-state index contributed by atoms with van der Waals surface area (Å²) < 4.78 is 5.84. The Hall–Kier alpha value is -3.58. The zero-order valence-electron chi connectivity index (χ0n) is 17.7. The highest BCUT2D eigenvalue weighted by Gasteiger charge is 2.32. The van der Waals surface area contributed by atoms with Gasteiger partial charge in [-0.05, 0) is 66.7 Å². The number of carboxylic acid groups (broad SMARTS) is 1. The van der Waals surface area contributed by atoms with Gasteiger partial charge >= 0.3 is 5.97 Å². The summed E-state index contributed by atoms with van der Waals surface area (Å²) >= 11 is 1.28. The number of carboxylic acids is 1. The second-order valence-electron chi connectivity index (χ2n) is 7.04. The van der Waals surface area contributed by atoms with Gasteiger partial charge in [-0.1, -0.05) is 36.4 Å². The van der Waals surface area contributed by atoms with Gasteiger partial charge in [0, 0.05) is 12.1 Å². The van der Waals surface area contributed by atoms with E-state index in [1.807, 2.05) is 56.3 Å². The number of hydrogen-bond acceptors (Lipinski definition) is 5. The Morgan fingerprint density at radius 2 is 1.94 bits per heavy atom. The summed E-state index contributed by atoms with van der Waals surface area (Å²) in [6, 6.07) is 18.3. The SMILES string of the molecule is CCOc1ccc2ccccc2c1/C=C1\SC(=Nc2cccc(C(=O)O)c2)N(CC)C1=O. The standard InChI is InChI=1S/C25H22N2O4S/c1-3-27-23(28)22(32-25(27)26-18-10-7-9-17(14-18)24(29)30)15-20-19-11-6-5-8-16(19)12-13-21(20)31-4-2/h5-15H,3-4H2,1-2H3,(H,29,30)/b22-15-,26-25?. The molecule has 0 saturated carbocycles. The maximum absolute atomic E-state index is 13.1. The number of nitrogens with zero attached hydrogens (tertiary/aromatic N) is 2. The summed E-state index contributed by atoms with van der Waals surface area (Å²) in [7, 11) is 0. The Morgan fingerprint density at radius 3 is 2.69 bits per heavy atom. The fraction of sp³-hybridized carbons (Fsp3) is 0.160. The first-order chi connectivity index (χ1) is 15.5. The van der Waals surface area contributed by atoms with Crippen LogP contribution in [0.5, 0.6) is 5.75 Å². The Kier molecular flexibility index (Phi) is 6.28. The molecule has 3 aromatic carbocycles. The summed E-state index contributed by atoms with van der Waals surface area (Å²) in [6.07, 6.45) is 1.86. The van der Waals surface area contributed by atoms with Crippen LogP contribution in [0.3, 0.4) is 0 Å². The topological polar surface area (TPSA) is 79.2 Å². The number of amides is 1. The largest absolute Gasteiger partial charge is 0.493 e. The molecule has 1 aliphatic rings. The van der Waals surface area contributed by atoms with Gasteiger partial charge in [0.25, 0.3) is 5.91 Å². The summed E-state index contributed by atoms with van der Waals surface area (Å²) in [5, 5.41) is 11.8. The van der Waals surface area contributed by atoms with E-state index >= 15 is 0 Å². The highest BCUT2D eigenvalue weighted by molar-refractivity contribution is 8.18. The first-order valence-electron chi connectivity index (χ1n) is 10.3. The van der Waals surface area contributed by atoms with Crippen LogP contribution in [0, 0.1) is 0 Å². The van der Waals surface area contributed by atoms with Gasteiger partial charge in [0.15, 0.2) is 5.17 Å². The molecule has 1 saturated heterocycles. The zero-order valence-corrected chi connectivity index (χ0v) is 18.6. The number of thioether (sulfide) groups is 1. The fourth-order valence-corrected chi connectivity index (χ4v) is 4.57. The van der Waals surface area contributed by atoms with Gasteiger partial charge in [0.05, 0.1) is 22.8 Å². The van der Waals surface area contributed by atoms with E-state index in [0.29, 0.717) is 28.9 Å². The number of carbonyl (C=O) groups is 2. The van der Waals surface area contributed by atoms with Crippen molar-refractivity contribution in [3.63, 3.8) is 0 Å². The Labute approximate surface area is 190 Å². The molecule has 1 N–H and O–H groups in total. The van der Waals surface area contributed by atoms with Gasteiger partial charge in [0.2, 0.25) is 0 Å². The third-order valence-corrected chi connectivity index (χ3v) is 6.03. The number of carbonyl (C=O) groups excluding carboxylic acids is 1. The molecule has 0 aliphatic carbocycles. The molecule has 4 rings (SSSR count). The van der Waals surface area contributed by atoms with Gasteiger partial charge < -0.3 is 9.84 Å². The summed E-state index contributed by atoms with van der Waals surface area (Å²) in [4.78, 5) is 31.1. The molecule has 1 aliphatic heterocycles. The number of likely N-dealkylation sites (N-methyl/N-ethyl adjacent to an activating group) is 1. The van der Waals surface area contributed by atoms with Gasteiger partial charge in [-0.3, -0.25) is 9.69 Å². The molecule has 0 unspecified atom stereocenters. The van der Waals surface area contributed by atoms with Crippen LogP contribution in [0.4, 0.5) is 5.69 Å². The molecular formula is C25H22N2O4S. The summed E-state index contributed by atoms with van der Waals surface area (Å²) in [5.74, 6) is -0.440. The molecule has 0 atom stereocenters. The van der Waals surface area contributed by atoms with E-state index in [2.05, 4.69) is 4.99 Å². The van der Waals surface area contributed by atoms with Crippen LogP contribution in [-0.4, -0.2) is 40.2 Å². The maximum Gasteiger partial charge on any atom is 0.335 e. The number of benzene rings is 3. The van der Waals surface area contributed by atoms with E-state index in [0.717, 1.165) is 22.1 Å². The van der Waals surface area contributed by atoms with E-state index in [-0.39, 0.29) is 11.5 Å². The van der Waals surface area contributed by atoms with Crippen LogP contribution in [-0.2, 0) is 4.79 Å². The second kappa shape index (κ2) is 9.28. The molecule has 1 heterocycles. The molecule has 32 heavy (non-hydrogen) atoms. The van der Waals surface area contributed by atoms with Crippen LogP contribution in [0.15, 0.2) is 70.6 Å². The van der Waals surface area contributed by atoms with Crippen LogP contribution in [0.25, 0.3) is 16.8 Å². The lowest BCUT2D eigenvalue weighted by Gasteiger charge is -2.12. The Balaban J connectivity index is 1.78. The number of rotatable bonds is 6. The average Bonchev–Trinajstić information content (AvgIpc) is 3.09. The molecule has 1 fully saturated rings. The third kappa shape index (κ3) is 4.24. The minimum absolute atomic E-state index is 0.138. The summed E-state index contributed by atoms with van der Waals surface area (Å²) in [6.45, 7) is 4.78. The number of aromatic carboxylic acids is 1. The molecule has 0 spiro atoms. The molecule has 0 bridgehead atoms. The van der Waals surface area contributed by atoms with Gasteiger partial charge in [0.1, 0.15) is 5.75 Å². The molecule has 162 valence electrons. The average molecular weight is 447 g/mol. The second-order valence-corrected chi connectivity index (χ2v) is 8.05. The minimum Gasteiger partial charge on any atom is -0.493 e. The first-order valence-corrected chi connectivity index (χ1v) is 11.1. The molecule has 7 heteroatoms. The maximum atomic E-state index is 13.1. The predicted octanol–water partition coefficient (Wildman–Crippen LogP) is 5.56. The van der Waals surface area contributed by atoms with Crippen LogP contribution in [0.2, 0.25) is 0 Å². The van der Waals surface area contributed by atoms with Gasteiger partial charge in [-0.2, -0.15) is 0 Å². The lowest BCUT2D eigenvalue weighted by Crippen LogP contribution is -2.28. The van der Waals surface area contributed by atoms with Crippen molar-refractivity contribution in [3.8, 4) is 5.75 Å². The highest BCUT2D eigenvalue weighted by atomic mass is 32.2. The van der Waals surface area contributed by atoms with E-state index in [1.54, 1.807) is 17.0 Å². The number of ether oxygens (including phenoxy) is 1. The van der Waals surface area contributed by atoms with Crippen molar-refractivity contribution in [1.29, 1.82) is 0 Å². The Bertz CT molecular complexity index is 1270. The zero-order chi connectivity index (χ0) is 22.7. The number of amidine groups is 1. The quantitative estimate of drug-likeness (QED) is 0.502. The van der Waals surface area contributed by atoms with Crippen LogP contribution in [0.1, 0.15) is 29.8 Å². The van der Waals surface area contributed by atoms with E-state index in [9.17, 15) is 14.7 Å². The van der Waals surface area contributed by atoms with E-state index in [4.69, 9.17) is 4.74 Å². The van der Waals surface area contributed by atoms with Gasteiger partial charge in [-0.25, -0.2) is 9.79 Å². The molecule has 3 aromatic rings. The number of hydrogen-bond donors (Lipinski definition) is 1. The van der Waals surface area contributed by atoms with Crippen molar-refractivity contribution in [3.05, 3.63) is 76.7 Å². The molecule has 6 nitrogen and oxygen atoms in total. The summed E-state index contributed by atoms with van der Waals surface area (Å²) in [5.41, 5.74) is 1.49. The van der Waals surface area contributed by atoms with E-state index < -0.39 is 5.97 Å². The monoisotopic (exact) mass is 446 g/mol. The van der Waals surface area contributed by atoms with Crippen LogP contribution < -0.4 is 4.74 Å². The normalized spacial score (nSPS) is 16.3. The third-order valence-electron chi connectivity index (χ3n) is 5.03. The fourth-order valence-electron chi connectivity index (χ4n) is 3.53. The predicted molar refractivity (Wildman–Crippen MR) is 129 cm³/mol. The lowest BCUT2D eigenvalue weighted by molar-refractivity contribution is -0.122. The van der Waals surface area contributed by atoms with Crippen molar-refractivity contribution < 1.29 is 19.4 Å². The molecule has 0 radical (unpaired) electrons. The number of aliphatic imine (C=N–C) groups is 1. The Morgan fingerprint density at radius 1 is 1.12 bits per heavy atom. The minimum atomic E-state index is -1.02. The molecular weight excluding hydrogens is 424 g/mol. The van der Waals surface area contributed by atoms with Crippen molar-refractivity contribution in [2.75, 3.05) is 13.2 Å². The van der Waals surface area contributed by atoms with Crippen molar-refractivity contribution in [2.45, 2.75) is 13.8 Å². The molecule has 0 aromatic heterocycles.